The van der Waals surface area contributed by atoms with Gasteiger partial charge in [-0.05, 0) is 80.3 Å². The van der Waals surface area contributed by atoms with Crippen molar-refractivity contribution in [3.63, 3.8) is 0 Å². The first kappa shape index (κ1) is 44.9. The maximum Gasteiger partial charge on any atom is 0.311 e. The zero-order chi connectivity index (χ0) is 39.4. The van der Waals surface area contributed by atoms with Crippen molar-refractivity contribution in [3.05, 3.63) is 0 Å². The normalized spacial score (nSPS) is 48.9. The first-order valence-corrected chi connectivity index (χ1v) is 18.8. The van der Waals surface area contributed by atoms with Crippen LogP contribution in [0.5, 0.6) is 0 Å². The van der Waals surface area contributed by atoms with Crippen molar-refractivity contribution in [1.82, 2.24) is 10.6 Å². The van der Waals surface area contributed by atoms with Gasteiger partial charge >= 0.3 is 5.97 Å². The molecule has 0 amide bonds. The molecule has 17 atom stereocenters. The van der Waals surface area contributed by atoms with Crippen molar-refractivity contribution >= 4 is 5.97 Å². The van der Waals surface area contributed by atoms with Gasteiger partial charge in [0.15, 0.2) is 12.6 Å². The van der Waals surface area contributed by atoms with Crippen LogP contribution in [0, 0.1) is 29.1 Å². The predicted octanol–water partition coefficient (Wildman–Crippen LogP) is 1.11. The van der Waals surface area contributed by atoms with Gasteiger partial charge in [-0.15, -0.1) is 0 Å². The van der Waals surface area contributed by atoms with Crippen LogP contribution in [0.15, 0.2) is 0 Å². The number of likely N-dealkylation sites (N-methyl/N-ethyl adjacent to an activating group) is 1. The number of esters is 1. The van der Waals surface area contributed by atoms with E-state index in [-0.39, 0.29) is 37.6 Å². The lowest BCUT2D eigenvalue weighted by Gasteiger charge is -2.53. The van der Waals surface area contributed by atoms with Crippen molar-refractivity contribution in [3.8, 4) is 6.07 Å². The van der Waals surface area contributed by atoms with Gasteiger partial charge in [0.05, 0.1) is 48.9 Å². The number of nitrogens with zero attached hydrogens (tertiary/aromatic N) is 1. The fraction of sp³-hybridized carbons (Fsp3) is 0.946. The Kier molecular flexibility index (Phi) is 15.5. The topological polar surface area (TPSA) is 221 Å². The SMILES string of the molecule is CC[C@H]1OC(=O)[C@H](C)[C@@H](O[C@H]2C[C@@](C)(OC)[C@](O)(CC#N)[C@H](C)O2)[C@H](C)[C@@H](O[C@@H]2OCC[C@H](NC)[C@H]2O)[C@](C)(O)C[C@@H](C)CN[C@H](C)[C@@H](O)[C@]1(C)O. The number of aliphatic hydroxyl groups excluding tert-OH is 2. The minimum atomic E-state index is -1.83. The molecule has 3 aliphatic heterocycles. The molecule has 0 spiro atoms. The molecular formula is C37H67N3O12. The molecule has 0 aliphatic carbocycles. The first-order chi connectivity index (χ1) is 24.1. The third-order valence-electron chi connectivity index (χ3n) is 12.0. The quantitative estimate of drug-likeness (QED) is 0.173. The third kappa shape index (κ3) is 9.46. The van der Waals surface area contributed by atoms with Crippen LogP contribution in [0.4, 0.5) is 0 Å². The number of nitriles is 1. The standard InChI is InChI=1S/C37H67N3O12/c1-12-26-36(9,45)30(42)23(5)40-19-20(2)17-34(7,44)31(52-33-28(41)25(39-10)13-16-48-33)21(3)29(22(4)32(43)50-26)51-27-18-35(8,47-11)37(46,14-15-38)24(6)49-27/h20-31,33,39-42,44-46H,12-14,16-19H2,1-11H3/t20-,21+,22-,23-,24+,25+,26-,27+,28-,29+,30-,31-,33+,34-,35-,36-,37+/m1/s1. The van der Waals surface area contributed by atoms with Crippen LogP contribution >= 0.6 is 0 Å². The van der Waals surface area contributed by atoms with Crippen LogP contribution in [0.3, 0.4) is 0 Å². The van der Waals surface area contributed by atoms with Gasteiger partial charge in [-0.1, -0.05) is 20.8 Å². The summed E-state index contributed by atoms with van der Waals surface area (Å²) in [7, 11) is 3.17. The minimum absolute atomic E-state index is 0.0215. The Balaban J connectivity index is 2.15. The highest BCUT2D eigenvalue weighted by molar-refractivity contribution is 5.73. The number of hydrogen-bond acceptors (Lipinski definition) is 15. The smallest absolute Gasteiger partial charge is 0.311 e. The summed E-state index contributed by atoms with van der Waals surface area (Å²) in [5.74, 6) is -2.78. The van der Waals surface area contributed by atoms with Crippen LogP contribution < -0.4 is 10.6 Å². The Morgan fingerprint density at radius 2 is 1.71 bits per heavy atom. The highest BCUT2D eigenvalue weighted by Gasteiger charge is 2.58. The number of cyclic esters (lactones) is 1. The largest absolute Gasteiger partial charge is 0.459 e. The van der Waals surface area contributed by atoms with Crippen molar-refractivity contribution in [1.29, 1.82) is 5.26 Å². The number of ether oxygens (including phenoxy) is 6. The summed E-state index contributed by atoms with van der Waals surface area (Å²) in [5.41, 5.74) is -6.38. The summed E-state index contributed by atoms with van der Waals surface area (Å²) < 4.78 is 37.1. The Bertz CT molecular complexity index is 1200. The number of carbonyl (C=O) groups excluding carboxylic acids is 1. The molecule has 52 heavy (non-hydrogen) atoms. The van der Waals surface area contributed by atoms with Gasteiger partial charge < -0.3 is 64.6 Å². The molecule has 15 heteroatoms. The van der Waals surface area contributed by atoms with Gasteiger partial charge in [-0.25, -0.2) is 0 Å². The van der Waals surface area contributed by atoms with E-state index in [9.17, 15) is 35.6 Å². The highest BCUT2D eigenvalue weighted by atomic mass is 16.7. The average molecular weight is 746 g/mol. The van der Waals surface area contributed by atoms with E-state index in [0.29, 0.717) is 19.6 Å². The monoisotopic (exact) mass is 745 g/mol. The summed E-state index contributed by atoms with van der Waals surface area (Å²) >= 11 is 0. The Morgan fingerprint density at radius 3 is 2.29 bits per heavy atom. The second-order valence-corrected chi connectivity index (χ2v) is 16.2. The molecule has 302 valence electrons. The summed E-state index contributed by atoms with van der Waals surface area (Å²) in [6, 6.07) is 1.09. The maximum absolute atomic E-state index is 14.1. The van der Waals surface area contributed by atoms with E-state index in [2.05, 4.69) is 10.6 Å². The fourth-order valence-corrected chi connectivity index (χ4v) is 8.42. The molecule has 0 saturated carbocycles. The van der Waals surface area contributed by atoms with E-state index in [1.807, 2.05) is 13.0 Å². The number of aliphatic hydroxyl groups is 5. The van der Waals surface area contributed by atoms with Gasteiger partial charge in [0.25, 0.3) is 0 Å². The molecule has 7 N–H and O–H groups in total. The van der Waals surface area contributed by atoms with Crippen molar-refractivity contribution < 1.29 is 58.7 Å². The van der Waals surface area contributed by atoms with E-state index >= 15 is 0 Å². The van der Waals surface area contributed by atoms with E-state index in [1.165, 1.54) is 14.0 Å². The number of methoxy groups -OCH3 is 1. The fourth-order valence-electron chi connectivity index (χ4n) is 8.42. The van der Waals surface area contributed by atoms with Crippen LogP contribution in [-0.2, 0) is 33.2 Å². The average Bonchev–Trinajstić information content (AvgIpc) is 3.08. The van der Waals surface area contributed by atoms with Crippen LogP contribution in [0.25, 0.3) is 0 Å². The van der Waals surface area contributed by atoms with E-state index < -0.39 is 95.5 Å². The molecule has 0 aromatic heterocycles. The zero-order valence-corrected chi connectivity index (χ0v) is 33.0. The van der Waals surface area contributed by atoms with Gasteiger partial charge in [-0.3, -0.25) is 4.79 Å². The molecule has 15 nitrogen and oxygen atoms in total. The molecule has 0 unspecified atom stereocenters. The van der Waals surface area contributed by atoms with Crippen molar-refractivity contribution in [2.75, 3.05) is 27.3 Å². The summed E-state index contributed by atoms with van der Waals surface area (Å²) in [6.07, 6.45) is -8.12. The van der Waals surface area contributed by atoms with Gasteiger partial charge in [0.1, 0.15) is 35.1 Å². The van der Waals surface area contributed by atoms with Gasteiger partial charge in [0, 0.05) is 31.5 Å². The van der Waals surface area contributed by atoms with Crippen molar-refractivity contribution in [2.45, 2.75) is 178 Å². The molecular weight excluding hydrogens is 678 g/mol. The molecule has 0 aromatic rings. The number of carbonyl (C=O) groups is 1. The minimum Gasteiger partial charge on any atom is -0.459 e. The first-order valence-electron chi connectivity index (χ1n) is 18.8. The van der Waals surface area contributed by atoms with Crippen LogP contribution in [-0.4, -0.2) is 143 Å². The molecule has 0 aromatic carbocycles. The number of rotatable bonds is 8. The Hall–Kier alpha value is -1.52. The predicted molar refractivity (Wildman–Crippen MR) is 190 cm³/mol. The molecule has 3 fully saturated rings. The molecule has 3 aliphatic rings. The van der Waals surface area contributed by atoms with E-state index in [1.54, 1.807) is 55.5 Å². The molecule has 3 heterocycles. The lowest BCUT2D eigenvalue weighted by molar-refractivity contribution is -0.335. The van der Waals surface area contributed by atoms with E-state index in [4.69, 9.17) is 28.4 Å². The van der Waals surface area contributed by atoms with Crippen LogP contribution in [0.1, 0.15) is 94.4 Å². The second-order valence-electron chi connectivity index (χ2n) is 16.2. The van der Waals surface area contributed by atoms with E-state index in [0.717, 1.165) is 0 Å². The van der Waals surface area contributed by atoms with Gasteiger partial charge in [0.2, 0.25) is 0 Å². The second kappa shape index (κ2) is 18.0. The number of hydrogen-bond donors (Lipinski definition) is 7. The lowest BCUT2D eigenvalue weighted by Crippen LogP contribution is -2.66. The van der Waals surface area contributed by atoms with Gasteiger partial charge in [-0.2, -0.15) is 5.26 Å². The summed E-state index contributed by atoms with van der Waals surface area (Å²) in [5, 5.41) is 73.9. The summed E-state index contributed by atoms with van der Waals surface area (Å²) in [4.78, 5) is 14.1. The van der Waals surface area contributed by atoms with Crippen molar-refractivity contribution in [2.24, 2.45) is 17.8 Å². The molecule has 3 saturated heterocycles. The lowest BCUT2D eigenvalue weighted by atomic mass is 9.73. The maximum atomic E-state index is 14.1. The number of nitrogens with one attached hydrogen (secondary N) is 2. The van der Waals surface area contributed by atoms with Crippen LogP contribution in [0.2, 0.25) is 0 Å². The Morgan fingerprint density at radius 1 is 1.06 bits per heavy atom. The third-order valence-corrected chi connectivity index (χ3v) is 12.0. The Labute approximate surface area is 309 Å². The molecule has 0 bridgehead atoms. The zero-order valence-electron chi connectivity index (χ0n) is 33.0. The molecule has 0 radical (unpaired) electrons. The highest BCUT2D eigenvalue weighted by Crippen LogP contribution is 2.44. The molecule has 3 rings (SSSR count). The summed E-state index contributed by atoms with van der Waals surface area (Å²) in [6.45, 7) is 15.8.